The van der Waals surface area contributed by atoms with Crippen LogP contribution in [0.4, 0.5) is 0 Å². The van der Waals surface area contributed by atoms with E-state index in [0.29, 0.717) is 22.1 Å². The van der Waals surface area contributed by atoms with Crippen LogP contribution in [0.15, 0.2) is 76.9 Å². The number of rotatable bonds is 5. The lowest BCUT2D eigenvalue weighted by Crippen LogP contribution is -2.29. The van der Waals surface area contributed by atoms with Gasteiger partial charge in [0.2, 0.25) is 0 Å². The van der Waals surface area contributed by atoms with Crippen molar-refractivity contribution in [3.8, 4) is 5.75 Å². The number of amides is 1. The van der Waals surface area contributed by atoms with Gasteiger partial charge in [-0.1, -0.05) is 35.9 Å². The van der Waals surface area contributed by atoms with Gasteiger partial charge in [-0.05, 0) is 42.0 Å². The molecule has 0 spiro atoms. The summed E-state index contributed by atoms with van der Waals surface area (Å²) < 4.78 is 10.8. The Balaban J connectivity index is 1.82. The number of nitrogens with zero attached hydrogens (tertiary/aromatic N) is 1. The molecule has 3 aromatic rings. The number of aliphatic hydroxyl groups is 1. The molecule has 152 valence electrons. The Kier molecular flexibility index (Phi) is 5.33. The minimum Gasteiger partial charge on any atom is -0.507 e. The molecule has 0 bridgehead atoms. The number of furan rings is 1. The van der Waals surface area contributed by atoms with Crippen molar-refractivity contribution in [2.24, 2.45) is 0 Å². The molecule has 1 aliphatic heterocycles. The van der Waals surface area contributed by atoms with E-state index in [9.17, 15) is 14.7 Å². The molecule has 0 saturated carbocycles. The molecule has 1 saturated heterocycles. The standard InChI is InChI=1S/C23H18ClNO5/c1-29-17-8-2-5-14(11-17)13-25-20(18-9-4-10-30-18)19(22(27)23(25)28)21(26)15-6-3-7-16(24)12-15/h2-12,20,26H,13H2,1H3/b21-19-. The third-order valence-corrected chi connectivity index (χ3v) is 5.17. The van der Waals surface area contributed by atoms with E-state index in [1.165, 1.54) is 17.2 Å². The van der Waals surface area contributed by atoms with Gasteiger partial charge >= 0.3 is 0 Å². The van der Waals surface area contributed by atoms with Crippen molar-refractivity contribution in [3.63, 3.8) is 0 Å². The second-order valence-corrected chi connectivity index (χ2v) is 7.24. The number of halogens is 1. The number of ketones is 1. The first-order valence-electron chi connectivity index (χ1n) is 9.20. The van der Waals surface area contributed by atoms with E-state index in [-0.39, 0.29) is 17.9 Å². The zero-order valence-electron chi connectivity index (χ0n) is 16.0. The number of methoxy groups -OCH3 is 1. The zero-order chi connectivity index (χ0) is 21.3. The number of hydrogen-bond acceptors (Lipinski definition) is 5. The van der Waals surface area contributed by atoms with Crippen LogP contribution in [0.25, 0.3) is 5.76 Å². The Hall–Kier alpha value is -3.51. The zero-order valence-corrected chi connectivity index (χ0v) is 16.8. The van der Waals surface area contributed by atoms with Crippen LogP contribution in [0.5, 0.6) is 5.75 Å². The van der Waals surface area contributed by atoms with Gasteiger partial charge in [0.1, 0.15) is 23.3 Å². The Morgan fingerprint density at radius 2 is 1.93 bits per heavy atom. The van der Waals surface area contributed by atoms with Gasteiger partial charge in [-0.15, -0.1) is 0 Å². The largest absolute Gasteiger partial charge is 0.507 e. The summed E-state index contributed by atoms with van der Waals surface area (Å²) >= 11 is 6.03. The molecular formula is C23H18ClNO5. The summed E-state index contributed by atoms with van der Waals surface area (Å²) in [4.78, 5) is 27.2. The van der Waals surface area contributed by atoms with Crippen molar-refractivity contribution in [2.75, 3.05) is 7.11 Å². The summed E-state index contributed by atoms with van der Waals surface area (Å²) in [5.41, 5.74) is 1.08. The summed E-state index contributed by atoms with van der Waals surface area (Å²) in [5.74, 6) is -0.789. The fourth-order valence-corrected chi connectivity index (χ4v) is 3.73. The number of Topliss-reactive ketones (excluding diaryl/α,β-unsaturated/α-hetero) is 1. The molecule has 1 aliphatic rings. The molecule has 1 atom stereocenters. The quantitative estimate of drug-likeness (QED) is 0.369. The molecule has 0 aliphatic carbocycles. The topological polar surface area (TPSA) is 80.0 Å². The maximum absolute atomic E-state index is 12.9. The summed E-state index contributed by atoms with van der Waals surface area (Å²) in [6, 6.07) is 16.1. The first kappa shape index (κ1) is 19.8. The Bertz CT molecular complexity index is 1140. The van der Waals surface area contributed by atoms with Gasteiger partial charge in [-0.3, -0.25) is 9.59 Å². The number of likely N-dealkylation sites (tertiary alicyclic amines) is 1. The predicted molar refractivity (Wildman–Crippen MR) is 111 cm³/mol. The SMILES string of the molecule is COc1cccc(CN2C(=O)C(=O)/C(=C(\O)c3cccc(Cl)c3)C2c2ccco2)c1. The van der Waals surface area contributed by atoms with Crippen LogP contribution in [-0.4, -0.2) is 28.8 Å². The predicted octanol–water partition coefficient (Wildman–Crippen LogP) is 4.56. The van der Waals surface area contributed by atoms with E-state index in [1.807, 2.05) is 6.07 Å². The minimum absolute atomic E-state index is 0.0416. The third-order valence-electron chi connectivity index (χ3n) is 4.94. The van der Waals surface area contributed by atoms with Gasteiger partial charge in [0.25, 0.3) is 11.7 Å². The molecular weight excluding hydrogens is 406 g/mol. The highest BCUT2D eigenvalue weighted by Crippen LogP contribution is 2.40. The maximum Gasteiger partial charge on any atom is 0.296 e. The molecule has 4 rings (SSSR count). The van der Waals surface area contributed by atoms with Crippen molar-refractivity contribution in [1.29, 1.82) is 0 Å². The molecule has 2 heterocycles. The summed E-state index contributed by atoms with van der Waals surface area (Å²) in [5, 5.41) is 11.3. The maximum atomic E-state index is 12.9. The molecule has 2 aromatic carbocycles. The third kappa shape index (κ3) is 3.57. The average molecular weight is 424 g/mol. The average Bonchev–Trinajstić information content (AvgIpc) is 3.36. The fourth-order valence-electron chi connectivity index (χ4n) is 3.54. The van der Waals surface area contributed by atoms with E-state index in [0.717, 1.165) is 5.56 Å². The normalized spacial score (nSPS) is 18.1. The first-order chi connectivity index (χ1) is 14.5. The number of carbonyl (C=O) groups excluding carboxylic acids is 2. The van der Waals surface area contributed by atoms with Crippen LogP contribution in [0.2, 0.25) is 5.02 Å². The van der Waals surface area contributed by atoms with E-state index in [4.69, 9.17) is 20.8 Å². The van der Waals surface area contributed by atoms with Crippen molar-refractivity contribution in [3.05, 3.63) is 94.4 Å². The lowest BCUT2D eigenvalue weighted by molar-refractivity contribution is -0.140. The molecule has 1 aromatic heterocycles. The van der Waals surface area contributed by atoms with Gasteiger partial charge in [-0.2, -0.15) is 0 Å². The molecule has 1 amide bonds. The highest BCUT2D eigenvalue weighted by molar-refractivity contribution is 6.46. The minimum atomic E-state index is -0.870. The molecule has 1 fully saturated rings. The van der Waals surface area contributed by atoms with E-state index in [1.54, 1.807) is 55.6 Å². The van der Waals surface area contributed by atoms with Gasteiger partial charge < -0.3 is 19.2 Å². The Morgan fingerprint density at radius 3 is 2.63 bits per heavy atom. The first-order valence-corrected chi connectivity index (χ1v) is 9.58. The Labute approximate surface area is 177 Å². The van der Waals surface area contributed by atoms with Gasteiger partial charge in [0.05, 0.1) is 18.9 Å². The number of hydrogen-bond donors (Lipinski definition) is 1. The second-order valence-electron chi connectivity index (χ2n) is 6.80. The summed E-state index contributed by atoms with van der Waals surface area (Å²) in [6.45, 7) is 0.138. The van der Waals surface area contributed by atoms with Crippen molar-refractivity contribution < 1.29 is 23.8 Å². The van der Waals surface area contributed by atoms with Crippen LogP contribution < -0.4 is 4.74 Å². The van der Waals surface area contributed by atoms with Crippen LogP contribution in [-0.2, 0) is 16.1 Å². The van der Waals surface area contributed by atoms with Crippen LogP contribution in [0.1, 0.15) is 22.9 Å². The smallest absolute Gasteiger partial charge is 0.296 e. The van der Waals surface area contributed by atoms with Crippen molar-refractivity contribution in [2.45, 2.75) is 12.6 Å². The Morgan fingerprint density at radius 1 is 1.13 bits per heavy atom. The molecule has 7 heteroatoms. The van der Waals surface area contributed by atoms with Gasteiger partial charge in [-0.25, -0.2) is 0 Å². The molecule has 1 N–H and O–H groups in total. The molecule has 6 nitrogen and oxygen atoms in total. The number of ether oxygens (including phenoxy) is 1. The van der Waals surface area contributed by atoms with E-state index in [2.05, 4.69) is 0 Å². The molecule has 30 heavy (non-hydrogen) atoms. The van der Waals surface area contributed by atoms with E-state index >= 15 is 0 Å². The van der Waals surface area contributed by atoms with Crippen LogP contribution in [0.3, 0.4) is 0 Å². The second kappa shape index (κ2) is 8.08. The van der Waals surface area contributed by atoms with Crippen LogP contribution in [0, 0.1) is 0 Å². The number of aliphatic hydroxyl groups excluding tert-OH is 1. The number of carbonyl (C=O) groups is 2. The van der Waals surface area contributed by atoms with Gasteiger partial charge in [0, 0.05) is 17.1 Å². The van der Waals surface area contributed by atoms with Gasteiger partial charge in [0.15, 0.2) is 0 Å². The summed E-state index contributed by atoms with van der Waals surface area (Å²) in [6.07, 6.45) is 1.46. The van der Waals surface area contributed by atoms with Crippen LogP contribution >= 0.6 is 11.6 Å². The van der Waals surface area contributed by atoms with Crippen molar-refractivity contribution >= 4 is 29.1 Å². The summed E-state index contributed by atoms with van der Waals surface area (Å²) in [7, 11) is 1.55. The number of benzene rings is 2. The monoisotopic (exact) mass is 423 g/mol. The highest BCUT2D eigenvalue weighted by atomic mass is 35.5. The molecule has 0 radical (unpaired) electrons. The lowest BCUT2D eigenvalue weighted by atomic mass is 9.99. The van der Waals surface area contributed by atoms with E-state index < -0.39 is 17.7 Å². The van der Waals surface area contributed by atoms with Crippen molar-refractivity contribution in [1.82, 2.24) is 4.90 Å². The lowest BCUT2D eigenvalue weighted by Gasteiger charge is -2.23. The molecule has 1 unspecified atom stereocenters. The fraction of sp³-hybridized carbons (Fsp3) is 0.130. The highest BCUT2D eigenvalue weighted by Gasteiger charge is 2.47.